The molecule has 7 heteroatoms. The summed E-state index contributed by atoms with van der Waals surface area (Å²) in [6, 6.07) is 0. The van der Waals surface area contributed by atoms with E-state index in [0.717, 1.165) is 31.4 Å². The van der Waals surface area contributed by atoms with E-state index in [9.17, 15) is 14.5 Å². The minimum atomic E-state index is -2.10. The van der Waals surface area contributed by atoms with Gasteiger partial charge in [0.1, 0.15) is 0 Å². The molecule has 0 amide bonds. The third-order valence-electron chi connectivity index (χ3n) is 5.68. The van der Waals surface area contributed by atoms with E-state index in [0.29, 0.717) is 6.42 Å². The third kappa shape index (κ3) is 14.9. The van der Waals surface area contributed by atoms with Crippen LogP contribution < -0.4 is 0 Å². The minimum Gasteiger partial charge on any atom is -0.477 e. The van der Waals surface area contributed by atoms with Crippen molar-refractivity contribution in [1.29, 1.82) is 0 Å². The monoisotopic (exact) mass is 492 g/mol. The fourth-order valence-electron chi connectivity index (χ4n) is 3.67. The van der Waals surface area contributed by atoms with Crippen LogP contribution in [0.4, 0.5) is 0 Å². The first-order valence-corrected chi connectivity index (χ1v) is 14.8. The molecule has 3 unspecified atom stereocenters. The van der Waals surface area contributed by atoms with Crippen molar-refractivity contribution in [2.75, 3.05) is 12.4 Å². The number of hydrogen-bond donors (Lipinski definition) is 1. The van der Waals surface area contributed by atoms with E-state index in [1.165, 1.54) is 64.2 Å². The number of carboxylic acids is 1. The molecule has 32 heavy (non-hydrogen) atoms. The summed E-state index contributed by atoms with van der Waals surface area (Å²) in [7, 11) is -0.661. The van der Waals surface area contributed by atoms with Gasteiger partial charge in [0.2, 0.25) is 8.46 Å². The largest absolute Gasteiger partial charge is 0.477 e. The van der Waals surface area contributed by atoms with Crippen LogP contribution in [-0.2, 0) is 18.8 Å². The van der Waals surface area contributed by atoms with Crippen molar-refractivity contribution in [3.63, 3.8) is 0 Å². The van der Waals surface area contributed by atoms with Crippen LogP contribution in [0, 0.1) is 0 Å². The van der Waals surface area contributed by atoms with Gasteiger partial charge in [-0.3, -0.25) is 4.57 Å². The van der Waals surface area contributed by atoms with Crippen LogP contribution in [-0.4, -0.2) is 40.3 Å². The Morgan fingerprint density at radius 3 is 1.91 bits per heavy atom. The molecule has 0 spiro atoms. The number of hydrogen-bond acceptors (Lipinski definition) is 5. The minimum absolute atomic E-state index is 0.172. The van der Waals surface area contributed by atoms with Crippen molar-refractivity contribution in [3.8, 4) is 0 Å². The Balaban J connectivity index is 4.47. The summed E-state index contributed by atoms with van der Waals surface area (Å²) in [4.78, 5) is 11.8. The zero-order valence-electron chi connectivity index (χ0n) is 21.1. The van der Waals surface area contributed by atoms with E-state index < -0.39 is 20.0 Å². The highest BCUT2D eigenvalue weighted by molar-refractivity contribution is 7.99. The van der Waals surface area contributed by atoms with Crippen molar-refractivity contribution in [2.45, 2.75) is 141 Å². The Morgan fingerprint density at radius 1 is 0.875 bits per heavy atom. The van der Waals surface area contributed by atoms with Crippen LogP contribution in [0.2, 0.25) is 0 Å². The highest BCUT2D eigenvalue weighted by Crippen LogP contribution is 2.33. The summed E-state index contributed by atoms with van der Waals surface area (Å²) in [5.74, 6) is -0.284. The molecule has 0 heterocycles. The molecular formula is C25H49O5PS. The Morgan fingerprint density at radius 2 is 1.41 bits per heavy atom. The zero-order valence-corrected chi connectivity index (χ0v) is 22.8. The number of aliphatic carboxylic acids is 1. The van der Waals surface area contributed by atoms with E-state index in [2.05, 4.69) is 13.8 Å². The predicted octanol–water partition coefficient (Wildman–Crippen LogP) is 8.45. The number of thioether (sulfide) groups is 1. The molecule has 0 fully saturated rings. The van der Waals surface area contributed by atoms with Gasteiger partial charge in [0.15, 0.2) is 0 Å². The van der Waals surface area contributed by atoms with Crippen LogP contribution in [0.15, 0.2) is 0 Å². The van der Waals surface area contributed by atoms with Gasteiger partial charge in [0.05, 0.1) is 12.7 Å². The second-order valence-electron chi connectivity index (χ2n) is 8.74. The quantitative estimate of drug-likeness (QED) is 0.0827. The van der Waals surface area contributed by atoms with Gasteiger partial charge in [0, 0.05) is 5.25 Å². The van der Waals surface area contributed by atoms with Crippen molar-refractivity contribution < 1.29 is 23.9 Å². The number of rotatable bonds is 24. The highest BCUT2D eigenvalue weighted by Gasteiger charge is 2.45. The molecule has 0 aromatic carbocycles. The second-order valence-corrected chi connectivity index (χ2v) is 10.9. The highest BCUT2D eigenvalue weighted by atomic mass is 32.2. The maximum atomic E-state index is 11.8. The molecule has 0 aliphatic rings. The van der Waals surface area contributed by atoms with Gasteiger partial charge >= 0.3 is 11.5 Å². The molecule has 0 aliphatic carbocycles. The fourth-order valence-corrected chi connectivity index (χ4v) is 5.44. The first-order valence-electron chi connectivity index (χ1n) is 13.0. The van der Waals surface area contributed by atoms with Crippen LogP contribution >= 0.6 is 20.2 Å². The molecule has 0 radical (unpaired) electrons. The lowest BCUT2D eigenvalue weighted by molar-refractivity contribution is -0.217. The summed E-state index contributed by atoms with van der Waals surface area (Å²) >= 11 is 1.87. The lowest BCUT2D eigenvalue weighted by Crippen LogP contribution is -2.44. The summed E-state index contributed by atoms with van der Waals surface area (Å²) in [6.45, 7) is 8.40. The second kappa shape index (κ2) is 21.4. The SMILES string of the molecule is CCCCCCCCCCCCSC(CCCCC)C(C)OC(OCCC)(P=O)C(=O)O. The molecule has 3 atom stereocenters. The molecule has 0 rings (SSSR count). The van der Waals surface area contributed by atoms with Crippen molar-refractivity contribution in [3.05, 3.63) is 0 Å². The molecule has 0 aliphatic heterocycles. The molecule has 0 bridgehead atoms. The van der Waals surface area contributed by atoms with E-state index in [1.807, 2.05) is 25.6 Å². The summed E-state index contributed by atoms with van der Waals surface area (Å²) in [5, 5.41) is 9.78. The first-order chi connectivity index (χ1) is 15.5. The number of carbonyl (C=O) groups is 1. The van der Waals surface area contributed by atoms with Crippen molar-refractivity contribution in [2.24, 2.45) is 0 Å². The lowest BCUT2D eigenvalue weighted by Gasteiger charge is -2.31. The van der Waals surface area contributed by atoms with E-state index in [4.69, 9.17) is 9.47 Å². The van der Waals surface area contributed by atoms with Gasteiger partial charge in [-0.2, -0.15) is 11.8 Å². The smallest absolute Gasteiger partial charge is 0.377 e. The van der Waals surface area contributed by atoms with Gasteiger partial charge in [-0.25, -0.2) is 4.79 Å². The third-order valence-corrected chi connectivity index (χ3v) is 7.92. The van der Waals surface area contributed by atoms with Crippen LogP contribution in [0.3, 0.4) is 0 Å². The number of ether oxygens (including phenoxy) is 2. The zero-order chi connectivity index (χ0) is 24.1. The number of carboxylic acid groups (broad SMARTS) is 1. The number of unbranched alkanes of at least 4 members (excludes halogenated alkanes) is 11. The summed E-state index contributed by atoms with van der Waals surface area (Å²) in [5.41, 5.74) is -2.10. The molecule has 5 nitrogen and oxygen atoms in total. The van der Waals surface area contributed by atoms with Gasteiger partial charge in [0.25, 0.3) is 0 Å². The Hall–Kier alpha value is -0.160. The molecule has 0 saturated heterocycles. The van der Waals surface area contributed by atoms with Crippen LogP contribution in [0.1, 0.15) is 124 Å². The van der Waals surface area contributed by atoms with E-state index in [-0.39, 0.29) is 18.0 Å². The summed E-state index contributed by atoms with van der Waals surface area (Å²) in [6.07, 6.45) is 17.8. The topological polar surface area (TPSA) is 72.8 Å². The van der Waals surface area contributed by atoms with Crippen LogP contribution in [0.5, 0.6) is 0 Å². The molecule has 0 aromatic heterocycles. The normalized spacial score (nSPS) is 15.5. The predicted molar refractivity (Wildman–Crippen MR) is 137 cm³/mol. The fraction of sp³-hybridized carbons (Fsp3) is 0.960. The van der Waals surface area contributed by atoms with E-state index in [1.54, 1.807) is 0 Å². The molecule has 0 saturated carbocycles. The van der Waals surface area contributed by atoms with Crippen LogP contribution in [0.25, 0.3) is 0 Å². The molecule has 190 valence electrons. The molecule has 0 aromatic rings. The molecular weight excluding hydrogens is 443 g/mol. The Labute approximate surface area is 203 Å². The Bertz CT molecular complexity index is 466. The van der Waals surface area contributed by atoms with Crippen molar-refractivity contribution >= 4 is 26.2 Å². The van der Waals surface area contributed by atoms with Gasteiger partial charge in [-0.15, -0.1) is 0 Å². The Kier molecular flexibility index (Phi) is 21.3. The standard InChI is InChI=1S/C25H49O5PS/c1-5-8-10-11-12-13-14-15-16-18-21-32-23(19-17-9-6-2)22(4)30-25(31-28,24(26)27)29-20-7-3/h22-23H,5-21H2,1-4H3,(H,26,27). The maximum Gasteiger partial charge on any atom is 0.377 e. The van der Waals surface area contributed by atoms with Crippen molar-refractivity contribution in [1.82, 2.24) is 0 Å². The average Bonchev–Trinajstić information content (AvgIpc) is 2.78. The van der Waals surface area contributed by atoms with Gasteiger partial charge < -0.3 is 14.6 Å². The van der Waals surface area contributed by atoms with Gasteiger partial charge in [-0.05, 0) is 31.9 Å². The maximum absolute atomic E-state index is 11.8. The van der Waals surface area contributed by atoms with E-state index >= 15 is 0 Å². The lowest BCUT2D eigenvalue weighted by atomic mass is 10.1. The van der Waals surface area contributed by atoms with Gasteiger partial charge in [-0.1, -0.05) is 97.8 Å². The molecule has 1 N–H and O–H groups in total. The summed E-state index contributed by atoms with van der Waals surface area (Å²) < 4.78 is 22.9. The average molecular weight is 493 g/mol. The first kappa shape index (κ1) is 31.8.